The number of benzene rings is 2. The second-order valence-electron chi connectivity index (χ2n) is 6.16. The number of carbonyl (C=O) groups is 2. The van der Waals surface area contributed by atoms with Crippen molar-refractivity contribution in [1.82, 2.24) is 0 Å². The topological polar surface area (TPSA) is 153 Å². The van der Waals surface area contributed by atoms with E-state index in [1.54, 1.807) is 19.1 Å². The van der Waals surface area contributed by atoms with Crippen LogP contribution in [0.25, 0.3) is 0 Å². The number of nitro benzene ring substituents is 1. The summed E-state index contributed by atoms with van der Waals surface area (Å²) in [7, 11) is -3.98. The SMILES string of the molecule is CC[C@@H](C(=O)Nc1ccccc1C(N)=O)N(c1cccc([N+](=O)[O-])c1)S(C)(=O)=O. The number of hydrogen-bond donors (Lipinski definition) is 2. The van der Waals surface area contributed by atoms with E-state index >= 15 is 0 Å². The summed E-state index contributed by atoms with van der Waals surface area (Å²) >= 11 is 0. The van der Waals surface area contributed by atoms with E-state index in [0.717, 1.165) is 16.6 Å². The molecule has 154 valence electrons. The number of nitro groups is 1. The first-order valence-electron chi connectivity index (χ1n) is 8.49. The molecular weight excluding hydrogens is 400 g/mol. The minimum absolute atomic E-state index is 0.0214. The van der Waals surface area contributed by atoms with Crippen LogP contribution in [0.2, 0.25) is 0 Å². The van der Waals surface area contributed by atoms with Gasteiger partial charge >= 0.3 is 0 Å². The van der Waals surface area contributed by atoms with Gasteiger partial charge in [0.05, 0.1) is 28.1 Å². The fraction of sp³-hybridized carbons (Fsp3) is 0.222. The molecule has 0 fully saturated rings. The van der Waals surface area contributed by atoms with Crippen molar-refractivity contribution in [2.75, 3.05) is 15.9 Å². The average molecular weight is 420 g/mol. The molecule has 0 spiro atoms. The molecule has 1 atom stereocenters. The predicted octanol–water partition coefficient (Wildman–Crippen LogP) is 1.88. The number of anilines is 2. The van der Waals surface area contributed by atoms with Gasteiger partial charge in [-0.15, -0.1) is 0 Å². The molecule has 0 radical (unpaired) electrons. The number of hydrogen-bond acceptors (Lipinski definition) is 6. The number of sulfonamides is 1. The van der Waals surface area contributed by atoms with Gasteiger partial charge in [-0.05, 0) is 24.6 Å². The number of para-hydroxylation sites is 1. The summed E-state index contributed by atoms with van der Waals surface area (Å²) in [6.07, 6.45) is 0.972. The van der Waals surface area contributed by atoms with Gasteiger partial charge in [-0.1, -0.05) is 25.1 Å². The monoisotopic (exact) mass is 420 g/mol. The minimum Gasteiger partial charge on any atom is -0.366 e. The standard InChI is InChI=1S/C18H20N4O6S/c1-3-16(18(24)20-15-10-5-4-9-14(15)17(19)23)21(29(2,27)28)12-7-6-8-13(11-12)22(25)26/h4-11,16H,3H2,1-2H3,(H2,19,23)(H,20,24)/t16-/m0/s1. The molecule has 29 heavy (non-hydrogen) atoms. The van der Waals surface area contributed by atoms with E-state index in [9.17, 15) is 28.1 Å². The van der Waals surface area contributed by atoms with E-state index in [1.165, 1.54) is 30.3 Å². The lowest BCUT2D eigenvalue weighted by molar-refractivity contribution is -0.384. The smallest absolute Gasteiger partial charge is 0.271 e. The molecule has 0 heterocycles. The lowest BCUT2D eigenvalue weighted by atomic mass is 10.1. The maximum absolute atomic E-state index is 12.9. The number of rotatable bonds is 8. The van der Waals surface area contributed by atoms with Gasteiger partial charge < -0.3 is 11.1 Å². The van der Waals surface area contributed by atoms with Crippen LogP contribution in [0.1, 0.15) is 23.7 Å². The number of amides is 2. The Labute approximate surface area is 167 Å². The van der Waals surface area contributed by atoms with Gasteiger partial charge in [0.25, 0.3) is 11.6 Å². The zero-order chi connectivity index (χ0) is 21.8. The summed E-state index contributed by atoms with van der Waals surface area (Å²) < 4.78 is 25.7. The molecule has 2 aromatic rings. The van der Waals surface area contributed by atoms with E-state index in [1.807, 2.05) is 0 Å². The fourth-order valence-corrected chi connectivity index (χ4v) is 4.03. The number of nitrogens with zero attached hydrogens (tertiary/aromatic N) is 2. The molecule has 2 amide bonds. The molecule has 0 bridgehead atoms. The third-order valence-corrected chi connectivity index (χ3v) is 5.26. The first-order chi connectivity index (χ1) is 13.6. The highest BCUT2D eigenvalue weighted by molar-refractivity contribution is 7.92. The van der Waals surface area contributed by atoms with Crippen molar-refractivity contribution in [3.05, 3.63) is 64.2 Å². The van der Waals surface area contributed by atoms with Crippen LogP contribution >= 0.6 is 0 Å². The van der Waals surface area contributed by atoms with Crippen LogP contribution < -0.4 is 15.4 Å². The van der Waals surface area contributed by atoms with Crippen LogP contribution in [-0.2, 0) is 14.8 Å². The summed E-state index contributed by atoms with van der Waals surface area (Å²) in [5, 5.41) is 13.6. The Bertz CT molecular complexity index is 1050. The van der Waals surface area contributed by atoms with Crippen LogP contribution in [-0.4, -0.2) is 37.5 Å². The molecule has 0 aliphatic heterocycles. The van der Waals surface area contributed by atoms with E-state index in [0.29, 0.717) is 0 Å². The molecule has 0 saturated heterocycles. The number of nitrogens with one attached hydrogen (secondary N) is 1. The molecule has 11 heteroatoms. The molecule has 0 aliphatic carbocycles. The molecule has 0 aliphatic rings. The summed E-state index contributed by atoms with van der Waals surface area (Å²) in [5.74, 6) is -1.47. The first kappa shape index (κ1) is 21.8. The normalized spacial score (nSPS) is 12.1. The lowest BCUT2D eigenvalue weighted by Crippen LogP contribution is -2.47. The number of nitrogens with two attached hydrogens (primary N) is 1. The molecule has 0 aromatic heterocycles. The van der Waals surface area contributed by atoms with Crippen LogP contribution in [0.5, 0.6) is 0 Å². The lowest BCUT2D eigenvalue weighted by Gasteiger charge is -2.30. The second-order valence-corrected chi connectivity index (χ2v) is 8.02. The Kier molecular flexibility index (Phi) is 6.54. The molecule has 2 rings (SSSR count). The van der Waals surface area contributed by atoms with Crippen molar-refractivity contribution in [3.63, 3.8) is 0 Å². The maximum atomic E-state index is 12.9. The highest BCUT2D eigenvalue weighted by atomic mass is 32.2. The minimum atomic E-state index is -3.98. The zero-order valence-corrected chi connectivity index (χ0v) is 16.5. The zero-order valence-electron chi connectivity index (χ0n) is 15.7. The summed E-state index contributed by atoms with van der Waals surface area (Å²) in [4.78, 5) is 34.9. The Balaban J connectivity index is 2.47. The van der Waals surface area contributed by atoms with E-state index < -0.39 is 32.8 Å². The largest absolute Gasteiger partial charge is 0.366 e. The first-order valence-corrected chi connectivity index (χ1v) is 10.3. The Morgan fingerprint density at radius 2 is 1.86 bits per heavy atom. The van der Waals surface area contributed by atoms with Crippen molar-refractivity contribution in [3.8, 4) is 0 Å². The van der Waals surface area contributed by atoms with Gasteiger partial charge in [-0.25, -0.2) is 8.42 Å². The Hall–Kier alpha value is -3.47. The van der Waals surface area contributed by atoms with Gasteiger partial charge in [0.1, 0.15) is 6.04 Å². The van der Waals surface area contributed by atoms with Crippen molar-refractivity contribution < 1.29 is 22.9 Å². The van der Waals surface area contributed by atoms with Crippen LogP contribution in [0.3, 0.4) is 0 Å². The van der Waals surface area contributed by atoms with E-state index in [2.05, 4.69) is 5.32 Å². The summed E-state index contributed by atoms with van der Waals surface area (Å²) in [6.45, 7) is 1.60. The van der Waals surface area contributed by atoms with E-state index in [4.69, 9.17) is 5.73 Å². The van der Waals surface area contributed by atoms with Crippen molar-refractivity contribution in [2.45, 2.75) is 19.4 Å². The van der Waals surface area contributed by atoms with Gasteiger partial charge in [-0.3, -0.25) is 24.0 Å². The number of primary amides is 1. The highest BCUT2D eigenvalue weighted by Gasteiger charge is 2.32. The van der Waals surface area contributed by atoms with Gasteiger partial charge in [0.2, 0.25) is 15.9 Å². The molecule has 0 saturated carbocycles. The predicted molar refractivity (Wildman–Crippen MR) is 108 cm³/mol. The highest BCUT2D eigenvalue weighted by Crippen LogP contribution is 2.27. The third kappa shape index (κ3) is 5.08. The second kappa shape index (κ2) is 8.69. The van der Waals surface area contributed by atoms with Crippen molar-refractivity contribution in [2.24, 2.45) is 5.73 Å². The van der Waals surface area contributed by atoms with Crippen molar-refractivity contribution in [1.29, 1.82) is 0 Å². The van der Waals surface area contributed by atoms with Crippen LogP contribution in [0.4, 0.5) is 17.1 Å². The average Bonchev–Trinajstić information content (AvgIpc) is 2.65. The summed E-state index contributed by atoms with van der Waals surface area (Å²) in [6, 6.07) is 9.81. The van der Waals surface area contributed by atoms with Gasteiger partial charge in [0.15, 0.2) is 0 Å². The molecule has 3 N–H and O–H groups in total. The van der Waals surface area contributed by atoms with Crippen molar-refractivity contribution >= 4 is 38.9 Å². The third-order valence-electron chi connectivity index (χ3n) is 4.08. The number of non-ortho nitro benzene ring substituents is 1. The maximum Gasteiger partial charge on any atom is 0.271 e. The fourth-order valence-electron chi connectivity index (χ4n) is 2.83. The number of carbonyl (C=O) groups excluding carboxylic acids is 2. The Morgan fingerprint density at radius 1 is 1.21 bits per heavy atom. The molecular formula is C18H20N4O6S. The molecule has 0 unspecified atom stereocenters. The Morgan fingerprint density at radius 3 is 2.41 bits per heavy atom. The van der Waals surface area contributed by atoms with Gasteiger partial charge in [-0.2, -0.15) is 0 Å². The molecule has 2 aromatic carbocycles. The quantitative estimate of drug-likeness (QED) is 0.491. The van der Waals surface area contributed by atoms with Gasteiger partial charge in [0, 0.05) is 12.1 Å². The molecule has 10 nitrogen and oxygen atoms in total. The van der Waals surface area contributed by atoms with Crippen LogP contribution in [0.15, 0.2) is 48.5 Å². The van der Waals surface area contributed by atoms with E-state index in [-0.39, 0.29) is 29.0 Å². The summed E-state index contributed by atoms with van der Waals surface area (Å²) in [5.41, 5.74) is 5.17. The van der Waals surface area contributed by atoms with Crippen LogP contribution in [0, 0.1) is 10.1 Å².